The van der Waals surface area contributed by atoms with Crippen LogP contribution in [0.5, 0.6) is 11.5 Å². The molecule has 0 saturated carbocycles. The number of oxazole rings is 1. The second kappa shape index (κ2) is 7.40. The van der Waals surface area contributed by atoms with Gasteiger partial charge in [0, 0.05) is 17.1 Å². The third-order valence-corrected chi connectivity index (χ3v) is 4.58. The van der Waals surface area contributed by atoms with Crippen molar-refractivity contribution < 1.29 is 13.9 Å². The van der Waals surface area contributed by atoms with Crippen molar-refractivity contribution >= 4 is 11.6 Å². The summed E-state index contributed by atoms with van der Waals surface area (Å²) in [5.74, 6) is 3.05. The van der Waals surface area contributed by atoms with Crippen LogP contribution in [0.3, 0.4) is 0 Å². The van der Waals surface area contributed by atoms with Crippen LogP contribution < -0.4 is 9.47 Å². The molecule has 0 aliphatic carbocycles. The summed E-state index contributed by atoms with van der Waals surface area (Å²) in [6.07, 6.45) is 1.76. The van der Waals surface area contributed by atoms with Crippen LogP contribution in [0, 0.1) is 0 Å². The molecule has 0 unspecified atom stereocenters. The summed E-state index contributed by atoms with van der Waals surface area (Å²) < 4.78 is 16.7. The SMILES string of the molecule is CCN(Cc1ccc2c(c1)OCO2)Cc1ncc(-c2ccc(Cl)cc2)o1. The number of aromatic nitrogens is 1. The van der Waals surface area contributed by atoms with Gasteiger partial charge in [-0.1, -0.05) is 24.6 Å². The number of rotatable bonds is 6. The fraction of sp³-hybridized carbons (Fsp3) is 0.250. The summed E-state index contributed by atoms with van der Waals surface area (Å²) in [5.41, 5.74) is 2.13. The minimum atomic E-state index is 0.292. The smallest absolute Gasteiger partial charge is 0.231 e. The fourth-order valence-corrected chi connectivity index (χ4v) is 3.03. The molecule has 4 rings (SSSR count). The highest BCUT2D eigenvalue weighted by atomic mass is 35.5. The van der Waals surface area contributed by atoms with Gasteiger partial charge < -0.3 is 13.9 Å². The first kappa shape index (κ1) is 16.9. The quantitative estimate of drug-likeness (QED) is 0.626. The second-order valence-electron chi connectivity index (χ2n) is 6.12. The van der Waals surface area contributed by atoms with Crippen molar-refractivity contribution in [2.45, 2.75) is 20.0 Å². The Labute approximate surface area is 157 Å². The molecule has 6 heteroatoms. The van der Waals surface area contributed by atoms with Gasteiger partial charge in [-0.05, 0) is 48.5 Å². The molecular weight excluding hydrogens is 352 g/mol. The minimum Gasteiger partial charge on any atom is -0.454 e. The zero-order valence-electron chi connectivity index (χ0n) is 14.4. The van der Waals surface area contributed by atoms with Gasteiger partial charge in [0.1, 0.15) is 0 Å². The van der Waals surface area contributed by atoms with E-state index in [2.05, 4.69) is 22.9 Å². The van der Waals surface area contributed by atoms with Crippen LogP contribution >= 0.6 is 11.6 Å². The molecule has 0 amide bonds. The number of halogens is 1. The first-order chi connectivity index (χ1) is 12.7. The predicted molar refractivity (Wildman–Crippen MR) is 99.3 cm³/mol. The summed E-state index contributed by atoms with van der Waals surface area (Å²) in [7, 11) is 0. The summed E-state index contributed by atoms with van der Waals surface area (Å²) in [4.78, 5) is 6.68. The Morgan fingerprint density at radius 3 is 2.65 bits per heavy atom. The maximum absolute atomic E-state index is 5.93. The third kappa shape index (κ3) is 3.69. The van der Waals surface area contributed by atoms with Crippen molar-refractivity contribution in [1.29, 1.82) is 0 Å². The van der Waals surface area contributed by atoms with E-state index in [-0.39, 0.29) is 0 Å². The molecule has 3 aromatic rings. The van der Waals surface area contributed by atoms with Crippen LogP contribution in [0.4, 0.5) is 0 Å². The second-order valence-corrected chi connectivity index (χ2v) is 6.55. The Balaban J connectivity index is 1.44. The topological polar surface area (TPSA) is 47.7 Å². The lowest BCUT2D eigenvalue weighted by molar-refractivity contribution is 0.174. The predicted octanol–water partition coefficient (Wildman–Crippen LogP) is 4.75. The Hall–Kier alpha value is -2.50. The molecule has 0 spiro atoms. The molecule has 1 aromatic heterocycles. The number of hydrogen-bond donors (Lipinski definition) is 0. The zero-order chi connectivity index (χ0) is 17.9. The molecule has 1 aliphatic heterocycles. The fourth-order valence-electron chi connectivity index (χ4n) is 2.90. The van der Waals surface area contributed by atoms with Gasteiger partial charge in [0.25, 0.3) is 0 Å². The van der Waals surface area contributed by atoms with Gasteiger partial charge in [0.15, 0.2) is 17.3 Å². The lowest BCUT2D eigenvalue weighted by Gasteiger charge is -2.18. The van der Waals surface area contributed by atoms with E-state index in [9.17, 15) is 0 Å². The highest BCUT2D eigenvalue weighted by Crippen LogP contribution is 2.33. The molecule has 0 bridgehead atoms. The first-order valence-electron chi connectivity index (χ1n) is 8.53. The number of nitrogens with zero attached hydrogens (tertiary/aromatic N) is 2. The van der Waals surface area contributed by atoms with Gasteiger partial charge in [-0.15, -0.1) is 0 Å². The minimum absolute atomic E-state index is 0.292. The normalized spacial score (nSPS) is 12.7. The van der Waals surface area contributed by atoms with Gasteiger partial charge in [-0.25, -0.2) is 4.98 Å². The third-order valence-electron chi connectivity index (χ3n) is 4.33. The van der Waals surface area contributed by atoms with E-state index in [4.69, 9.17) is 25.5 Å². The maximum Gasteiger partial charge on any atom is 0.231 e. The molecule has 134 valence electrons. The van der Waals surface area contributed by atoms with E-state index in [1.807, 2.05) is 36.4 Å². The van der Waals surface area contributed by atoms with Gasteiger partial charge in [-0.2, -0.15) is 0 Å². The number of ether oxygens (including phenoxy) is 2. The van der Waals surface area contributed by atoms with E-state index < -0.39 is 0 Å². The molecule has 1 aliphatic rings. The molecule has 0 fully saturated rings. The lowest BCUT2D eigenvalue weighted by Crippen LogP contribution is -2.22. The Bertz CT molecular complexity index is 892. The van der Waals surface area contributed by atoms with Gasteiger partial charge in [0.2, 0.25) is 12.7 Å². The Morgan fingerprint density at radius 2 is 1.85 bits per heavy atom. The maximum atomic E-state index is 5.93. The average molecular weight is 371 g/mol. The van der Waals surface area contributed by atoms with Crippen LogP contribution in [0.1, 0.15) is 18.4 Å². The molecule has 0 radical (unpaired) electrons. The molecule has 0 N–H and O–H groups in total. The van der Waals surface area contributed by atoms with Crippen molar-refractivity contribution in [3.63, 3.8) is 0 Å². The van der Waals surface area contributed by atoms with E-state index in [1.165, 1.54) is 5.56 Å². The van der Waals surface area contributed by atoms with E-state index >= 15 is 0 Å². The van der Waals surface area contributed by atoms with Crippen LogP contribution in [-0.4, -0.2) is 23.2 Å². The highest BCUT2D eigenvalue weighted by molar-refractivity contribution is 6.30. The Morgan fingerprint density at radius 1 is 1.04 bits per heavy atom. The zero-order valence-corrected chi connectivity index (χ0v) is 15.2. The molecular formula is C20H19ClN2O3. The van der Waals surface area contributed by atoms with E-state index in [0.29, 0.717) is 24.3 Å². The van der Waals surface area contributed by atoms with Crippen LogP contribution in [0.2, 0.25) is 5.02 Å². The summed E-state index contributed by atoms with van der Waals surface area (Å²) in [6, 6.07) is 13.6. The molecule has 2 aromatic carbocycles. The molecule has 2 heterocycles. The average Bonchev–Trinajstić information content (AvgIpc) is 3.30. The van der Waals surface area contributed by atoms with E-state index in [1.54, 1.807) is 6.20 Å². The summed E-state index contributed by atoms with van der Waals surface area (Å²) in [5, 5.41) is 0.703. The largest absolute Gasteiger partial charge is 0.454 e. The number of benzene rings is 2. The highest BCUT2D eigenvalue weighted by Gasteiger charge is 2.15. The van der Waals surface area contributed by atoms with Gasteiger partial charge in [0.05, 0.1) is 12.7 Å². The van der Waals surface area contributed by atoms with Crippen LogP contribution in [-0.2, 0) is 13.1 Å². The molecule has 0 atom stereocenters. The first-order valence-corrected chi connectivity index (χ1v) is 8.90. The molecule has 5 nitrogen and oxygen atoms in total. The number of hydrogen-bond acceptors (Lipinski definition) is 5. The van der Waals surface area contributed by atoms with Crippen LogP contribution in [0.25, 0.3) is 11.3 Å². The van der Waals surface area contributed by atoms with Gasteiger partial charge in [-0.3, -0.25) is 4.90 Å². The molecule has 0 saturated heterocycles. The van der Waals surface area contributed by atoms with Gasteiger partial charge >= 0.3 is 0 Å². The van der Waals surface area contributed by atoms with Crippen molar-refractivity contribution in [3.8, 4) is 22.8 Å². The van der Waals surface area contributed by atoms with Crippen molar-refractivity contribution in [1.82, 2.24) is 9.88 Å². The molecule has 26 heavy (non-hydrogen) atoms. The van der Waals surface area contributed by atoms with E-state index in [0.717, 1.165) is 35.9 Å². The summed E-state index contributed by atoms with van der Waals surface area (Å²) in [6.45, 7) is 4.72. The monoisotopic (exact) mass is 370 g/mol. The lowest BCUT2D eigenvalue weighted by atomic mass is 10.2. The van der Waals surface area contributed by atoms with Crippen molar-refractivity contribution in [3.05, 3.63) is 65.1 Å². The Kier molecular flexibility index (Phi) is 4.82. The van der Waals surface area contributed by atoms with Crippen LogP contribution in [0.15, 0.2) is 53.1 Å². The standard InChI is InChI=1S/C20H19ClN2O3/c1-2-23(11-14-3-8-17-18(9-14)25-13-24-17)12-20-22-10-19(26-20)15-4-6-16(21)7-5-15/h3-10H,2,11-13H2,1H3. The van der Waals surface area contributed by atoms with Crippen molar-refractivity contribution in [2.24, 2.45) is 0 Å². The summed E-state index contributed by atoms with van der Waals surface area (Å²) >= 11 is 5.93. The number of fused-ring (bicyclic) bond motifs is 1. The van der Waals surface area contributed by atoms with Crippen molar-refractivity contribution in [2.75, 3.05) is 13.3 Å².